The molecule has 1 aromatic heterocycles. The van der Waals surface area contributed by atoms with Crippen LogP contribution in [0.3, 0.4) is 0 Å². The molecule has 27 heavy (non-hydrogen) atoms. The van der Waals surface area contributed by atoms with Crippen molar-refractivity contribution in [2.24, 2.45) is 0 Å². The number of aliphatic hydroxyl groups is 1. The Morgan fingerprint density at radius 2 is 1.89 bits per heavy atom. The first kappa shape index (κ1) is 17.1. The minimum absolute atomic E-state index is 0.00741. The van der Waals surface area contributed by atoms with E-state index in [0.29, 0.717) is 35.9 Å². The quantitative estimate of drug-likeness (QED) is 0.725. The van der Waals surface area contributed by atoms with Crippen molar-refractivity contribution in [1.82, 2.24) is 9.55 Å². The largest absolute Gasteiger partial charge is 0.512 e. The molecule has 2 aromatic carbocycles. The molecule has 0 unspecified atom stereocenters. The van der Waals surface area contributed by atoms with Crippen LogP contribution < -0.4 is 5.32 Å². The van der Waals surface area contributed by atoms with Gasteiger partial charge in [0.05, 0.1) is 23.1 Å². The SMILES string of the molecule is O=C(CC1=C(O)CCn2c1nc1cc(F)ccc12)Nc1ccc(F)cc1F. The first-order valence-electron chi connectivity index (χ1n) is 8.24. The van der Waals surface area contributed by atoms with Gasteiger partial charge in [0.25, 0.3) is 0 Å². The van der Waals surface area contributed by atoms with Crippen LogP contribution in [0, 0.1) is 17.5 Å². The molecule has 0 bridgehead atoms. The minimum Gasteiger partial charge on any atom is -0.512 e. The summed E-state index contributed by atoms with van der Waals surface area (Å²) in [4.78, 5) is 16.7. The van der Waals surface area contributed by atoms with Gasteiger partial charge in [-0.15, -0.1) is 0 Å². The lowest BCUT2D eigenvalue weighted by Gasteiger charge is -2.19. The lowest BCUT2D eigenvalue weighted by Crippen LogP contribution is -2.18. The van der Waals surface area contributed by atoms with E-state index in [2.05, 4.69) is 10.3 Å². The Hall–Kier alpha value is -3.29. The number of rotatable bonds is 3. The van der Waals surface area contributed by atoms with Gasteiger partial charge in [-0.2, -0.15) is 0 Å². The first-order chi connectivity index (χ1) is 12.9. The zero-order valence-corrected chi connectivity index (χ0v) is 14.0. The van der Waals surface area contributed by atoms with Crippen LogP contribution in [0.2, 0.25) is 0 Å². The predicted octanol–water partition coefficient (Wildman–Crippen LogP) is 4.16. The van der Waals surface area contributed by atoms with E-state index in [0.717, 1.165) is 12.1 Å². The highest BCUT2D eigenvalue weighted by Crippen LogP contribution is 2.32. The molecule has 0 spiro atoms. The molecule has 8 heteroatoms. The van der Waals surface area contributed by atoms with Crippen LogP contribution in [-0.4, -0.2) is 20.6 Å². The van der Waals surface area contributed by atoms with Gasteiger partial charge in [0.2, 0.25) is 5.91 Å². The summed E-state index contributed by atoms with van der Waals surface area (Å²) < 4.78 is 41.9. The van der Waals surface area contributed by atoms with Crippen molar-refractivity contribution < 1.29 is 23.1 Å². The summed E-state index contributed by atoms with van der Waals surface area (Å²) in [6, 6.07) is 7.01. The van der Waals surface area contributed by atoms with Crippen LogP contribution in [0.5, 0.6) is 0 Å². The summed E-state index contributed by atoms with van der Waals surface area (Å²) in [7, 11) is 0. The minimum atomic E-state index is -0.895. The van der Waals surface area contributed by atoms with Gasteiger partial charge in [0, 0.05) is 30.7 Å². The molecule has 2 heterocycles. The number of carbonyl (C=O) groups excluding carboxylic acids is 1. The standard InChI is InChI=1S/C19H14F3N3O2/c20-10-1-3-14(13(22)7-10)23-18(27)9-12-17(26)5-6-25-16-4-2-11(21)8-15(16)24-19(12)25/h1-4,7-8,26H,5-6,9H2,(H,23,27). The molecule has 0 aliphatic carbocycles. The monoisotopic (exact) mass is 373 g/mol. The molecule has 0 saturated carbocycles. The van der Waals surface area contributed by atoms with Crippen molar-refractivity contribution in [3.63, 3.8) is 0 Å². The number of hydrogen-bond donors (Lipinski definition) is 2. The topological polar surface area (TPSA) is 67.1 Å². The summed E-state index contributed by atoms with van der Waals surface area (Å²) >= 11 is 0. The van der Waals surface area contributed by atoms with E-state index in [1.54, 1.807) is 10.6 Å². The number of carbonyl (C=O) groups is 1. The number of nitrogens with zero attached hydrogens (tertiary/aromatic N) is 2. The third-order valence-electron chi connectivity index (χ3n) is 4.44. The molecule has 3 aromatic rings. The van der Waals surface area contributed by atoms with Gasteiger partial charge in [0.15, 0.2) is 0 Å². The van der Waals surface area contributed by atoms with Gasteiger partial charge in [-0.05, 0) is 24.3 Å². The van der Waals surface area contributed by atoms with Crippen molar-refractivity contribution in [3.8, 4) is 0 Å². The average Bonchev–Trinajstić information content (AvgIpc) is 2.97. The van der Waals surface area contributed by atoms with E-state index in [-0.39, 0.29) is 23.4 Å². The third-order valence-corrected chi connectivity index (χ3v) is 4.44. The molecule has 5 nitrogen and oxygen atoms in total. The highest BCUT2D eigenvalue weighted by atomic mass is 19.1. The van der Waals surface area contributed by atoms with Gasteiger partial charge in [-0.1, -0.05) is 0 Å². The second-order valence-electron chi connectivity index (χ2n) is 6.24. The van der Waals surface area contributed by atoms with E-state index in [9.17, 15) is 23.1 Å². The van der Waals surface area contributed by atoms with E-state index in [1.165, 1.54) is 12.1 Å². The number of aromatic nitrogens is 2. The maximum atomic E-state index is 13.7. The number of benzene rings is 2. The van der Waals surface area contributed by atoms with Crippen molar-refractivity contribution in [1.29, 1.82) is 0 Å². The van der Waals surface area contributed by atoms with Gasteiger partial charge in [-0.3, -0.25) is 4.79 Å². The highest BCUT2D eigenvalue weighted by molar-refractivity contribution is 5.98. The Kier molecular flexibility index (Phi) is 4.10. The molecule has 1 aliphatic rings. The van der Waals surface area contributed by atoms with Crippen LogP contribution in [0.15, 0.2) is 42.2 Å². The van der Waals surface area contributed by atoms with Crippen LogP contribution in [0.25, 0.3) is 16.6 Å². The second-order valence-corrected chi connectivity index (χ2v) is 6.24. The second kappa shape index (κ2) is 6.46. The first-order valence-corrected chi connectivity index (χ1v) is 8.24. The maximum Gasteiger partial charge on any atom is 0.229 e. The molecule has 1 aliphatic heterocycles. The van der Waals surface area contributed by atoms with Crippen molar-refractivity contribution in [2.75, 3.05) is 5.32 Å². The van der Waals surface area contributed by atoms with E-state index in [4.69, 9.17) is 0 Å². The number of imidazole rings is 1. The number of hydrogen-bond acceptors (Lipinski definition) is 3. The van der Waals surface area contributed by atoms with Crippen LogP contribution in [0.1, 0.15) is 18.7 Å². The van der Waals surface area contributed by atoms with Crippen LogP contribution in [0.4, 0.5) is 18.9 Å². The molecule has 1 amide bonds. The van der Waals surface area contributed by atoms with E-state index in [1.807, 2.05) is 0 Å². The Balaban J connectivity index is 1.64. The molecule has 0 radical (unpaired) electrons. The summed E-state index contributed by atoms with van der Waals surface area (Å²) in [5, 5.41) is 12.6. The molecule has 138 valence electrons. The predicted molar refractivity (Wildman–Crippen MR) is 93.5 cm³/mol. The fourth-order valence-corrected chi connectivity index (χ4v) is 3.18. The van der Waals surface area contributed by atoms with Gasteiger partial charge < -0.3 is 15.0 Å². The summed E-state index contributed by atoms with van der Waals surface area (Å²) in [6.45, 7) is 0.445. The lowest BCUT2D eigenvalue weighted by molar-refractivity contribution is -0.115. The van der Waals surface area contributed by atoms with Crippen LogP contribution in [-0.2, 0) is 11.3 Å². The summed E-state index contributed by atoms with van der Waals surface area (Å²) in [6.07, 6.45) is 0.0395. The number of halogens is 3. The fraction of sp³-hybridized carbons (Fsp3) is 0.158. The molecule has 2 N–H and O–H groups in total. The number of fused-ring (bicyclic) bond motifs is 3. The number of nitrogens with one attached hydrogen (secondary N) is 1. The summed E-state index contributed by atoms with van der Waals surface area (Å²) in [5.74, 6) is -2.29. The lowest BCUT2D eigenvalue weighted by atomic mass is 10.0. The van der Waals surface area contributed by atoms with E-state index >= 15 is 0 Å². The maximum absolute atomic E-state index is 13.7. The Morgan fingerprint density at radius 3 is 2.67 bits per heavy atom. The Morgan fingerprint density at radius 1 is 1.15 bits per heavy atom. The fourth-order valence-electron chi connectivity index (χ4n) is 3.18. The van der Waals surface area contributed by atoms with Gasteiger partial charge >= 0.3 is 0 Å². The van der Waals surface area contributed by atoms with Crippen molar-refractivity contribution in [2.45, 2.75) is 19.4 Å². The highest BCUT2D eigenvalue weighted by Gasteiger charge is 2.25. The molecular formula is C19H14F3N3O2. The zero-order chi connectivity index (χ0) is 19.1. The third kappa shape index (κ3) is 3.14. The Labute approximate surface area is 151 Å². The molecular weight excluding hydrogens is 359 g/mol. The average molecular weight is 373 g/mol. The van der Waals surface area contributed by atoms with E-state index < -0.39 is 23.4 Å². The van der Waals surface area contributed by atoms with Gasteiger partial charge in [0.1, 0.15) is 29.0 Å². The molecule has 4 rings (SSSR count). The molecule has 0 atom stereocenters. The normalized spacial score (nSPS) is 13.7. The number of aryl methyl sites for hydroxylation is 1. The summed E-state index contributed by atoms with van der Waals surface area (Å²) in [5.41, 5.74) is 1.24. The van der Waals surface area contributed by atoms with Crippen LogP contribution >= 0.6 is 0 Å². The Bertz CT molecular complexity index is 1110. The van der Waals surface area contributed by atoms with Crippen molar-refractivity contribution in [3.05, 3.63) is 65.4 Å². The number of allylic oxidation sites excluding steroid dienone is 1. The molecule has 0 fully saturated rings. The molecule has 0 saturated heterocycles. The van der Waals surface area contributed by atoms with Gasteiger partial charge in [-0.25, -0.2) is 18.2 Å². The smallest absolute Gasteiger partial charge is 0.229 e. The number of aliphatic hydroxyl groups excluding tert-OH is 1. The number of amides is 1. The number of anilines is 1. The van der Waals surface area contributed by atoms with Crippen molar-refractivity contribution >= 4 is 28.2 Å². The zero-order valence-electron chi connectivity index (χ0n) is 14.0.